The first kappa shape index (κ1) is 13.9. The average Bonchev–Trinajstić information content (AvgIpc) is 2.34. The van der Waals surface area contributed by atoms with E-state index in [2.05, 4.69) is 5.32 Å². The van der Waals surface area contributed by atoms with Gasteiger partial charge in [-0.05, 0) is 31.5 Å². The fourth-order valence-electron chi connectivity index (χ4n) is 2.16. The average molecular weight is 270 g/mol. The normalized spacial score (nSPS) is 20.3. The van der Waals surface area contributed by atoms with Crippen molar-refractivity contribution in [2.24, 2.45) is 0 Å². The Morgan fingerprint density at radius 2 is 2.26 bits per heavy atom. The molecule has 0 radical (unpaired) electrons. The van der Waals surface area contributed by atoms with E-state index in [0.717, 1.165) is 37.6 Å². The molecule has 19 heavy (non-hydrogen) atoms. The van der Waals surface area contributed by atoms with Crippen molar-refractivity contribution in [3.8, 4) is 0 Å². The molecule has 0 spiro atoms. The number of halogens is 2. The zero-order chi connectivity index (χ0) is 13.8. The van der Waals surface area contributed by atoms with Crippen LogP contribution in [0, 0.1) is 11.6 Å². The monoisotopic (exact) mass is 270 g/mol. The summed E-state index contributed by atoms with van der Waals surface area (Å²) in [5.41, 5.74) is -0.164. The molecule has 1 aliphatic rings. The van der Waals surface area contributed by atoms with E-state index in [1.807, 2.05) is 0 Å². The lowest BCUT2D eigenvalue weighted by Gasteiger charge is -2.29. The van der Waals surface area contributed by atoms with E-state index in [9.17, 15) is 18.7 Å². The molecule has 4 nitrogen and oxygen atoms in total. The number of aliphatic hydroxyl groups excluding tert-OH is 1. The maximum absolute atomic E-state index is 13.3. The molecule has 1 saturated heterocycles. The van der Waals surface area contributed by atoms with Crippen LogP contribution in [0.2, 0.25) is 0 Å². The summed E-state index contributed by atoms with van der Waals surface area (Å²) in [4.78, 5) is 13.5. The molecule has 1 amide bonds. The number of nitrogens with one attached hydrogen (secondary N) is 1. The Morgan fingerprint density at radius 3 is 3.00 bits per heavy atom. The van der Waals surface area contributed by atoms with Crippen LogP contribution in [0.3, 0.4) is 0 Å². The van der Waals surface area contributed by atoms with Gasteiger partial charge in [-0.15, -0.1) is 0 Å². The summed E-state index contributed by atoms with van der Waals surface area (Å²) >= 11 is 0. The minimum Gasteiger partial charge on any atom is -0.392 e. The third kappa shape index (κ3) is 3.97. The minimum atomic E-state index is -0.673. The summed E-state index contributed by atoms with van der Waals surface area (Å²) in [6.07, 6.45) is 1.13. The fraction of sp³-hybridized carbons (Fsp3) is 0.462. The molecule has 1 aromatic carbocycles. The Kier molecular flexibility index (Phi) is 4.44. The van der Waals surface area contributed by atoms with E-state index >= 15 is 0 Å². The van der Waals surface area contributed by atoms with Gasteiger partial charge in [0.25, 0.3) is 0 Å². The standard InChI is InChI=1S/C13H16F2N2O2/c14-9-3-4-11(15)12(6-9)16-13(19)8-17-5-1-2-10(18)7-17/h3-4,6,10,18H,1-2,5,7-8H2,(H,16,19). The largest absolute Gasteiger partial charge is 0.392 e. The van der Waals surface area contributed by atoms with Gasteiger partial charge in [-0.25, -0.2) is 8.78 Å². The molecule has 2 rings (SSSR count). The van der Waals surface area contributed by atoms with E-state index in [4.69, 9.17) is 0 Å². The first-order valence-electron chi connectivity index (χ1n) is 6.20. The predicted molar refractivity (Wildman–Crippen MR) is 66.7 cm³/mol. The number of likely N-dealkylation sites (tertiary alicyclic amines) is 1. The van der Waals surface area contributed by atoms with Gasteiger partial charge in [-0.3, -0.25) is 9.69 Å². The quantitative estimate of drug-likeness (QED) is 0.872. The van der Waals surface area contributed by atoms with Crippen LogP contribution in [0.5, 0.6) is 0 Å². The summed E-state index contributed by atoms with van der Waals surface area (Å²) in [5, 5.41) is 11.8. The van der Waals surface area contributed by atoms with E-state index in [-0.39, 0.29) is 12.2 Å². The second kappa shape index (κ2) is 6.08. The first-order chi connectivity index (χ1) is 9.04. The summed E-state index contributed by atoms with van der Waals surface area (Å²) in [6, 6.07) is 2.90. The molecule has 0 aliphatic carbocycles. The molecule has 1 aliphatic heterocycles. The molecule has 0 aromatic heterocycles. The van der Waals surface area contributed by atoms with Gasteiger partial charge in [0.1, 0.15) is 11.6 Å². The maximum atomic E-state index is 13.3. The van der Waals surface area contributed by atoms with Crippen LogP contribution in [-0.2, 0) is 4.79 Å². The number of hydrogen-bond donors (Lipinski definition) is 2. The second-order valence-corrected chi connectivity index (χ2v) is 4.70. The van der Waals surface area contributed by atoms with Crippen LogP contribution < -0.4 is 5.32 Å². The zero-order valence-electron chi connectivity index (χ0n) is 10.4. The van der Waals surface area contributed by atoms with Gasteiger partial charge < -0.3 is 10.4 Å². The van der Waals surface area contributed by atoms with Gasteiger partial charge in [0.05, 0.1) is 18.3 Å². The summed E-state index contributed by atoms with van der Waals surface area (Å²) in [6.45, 7) is 1.21. The van der Waals surface area contributed by atoms with Crippen molar-refractivity contribution in [2.45, 2.75) is 18.9 Å². The lowest BCUT2D eigenvalue weighted by atomic mass is 10.1. The third-order valence-electron chi connectivity index (χ3n) is 3.05. The highest BCUT2D eigenvalue weighted by Gasteiger charge is 2.20. The second-order valence-electron chi connectivity index (χ2n) is 4.70. The first-order valence-corrected chi connectivity index (χ1v) is 6.20. The van der Waals surface area contributed by atoms with Crippen molar-refractivity contribution < 1.29 is 18.7 Å². The molecule has 1 heterocycles. The van der Waals surface area contributed by atoms with Crippen LogP contribution in [0.4, 0.5) is 14.5 Å². The number of amides is 1. The number of anilines is 1. The number of aliphatic hydroxyl groups is 1. The summed E-state index contributed by atoms with van der Waals surface area (Å²) in [7, 11) is 0. The van der Waals surface area contributed by atoms with Crippen LogP contribution in [0.15, 0.2) is 18.2 Å². The Balaban J connectivity index is 1.92. The smallest absolute Gasteiger partial charge is 0.238 e. The van der Waals surface area contributed by atoms with Crippen LogP contribution >= 0.6 is 0 Å². The maximum Gasteiger partial charge on any atom is 0.238 e. The Labute approximate surface area is 110 Å². The number of piperidine rings is 1. The molecule has 1 atom stereocenters. The molecule has 1 unspecified atom stereocenters. The van der Waals surface area contributed by atoms with Crippen molar-refractivity contribution in [1.82, 2.24) is 4.90 Å². The number of carbonyl (C=O) groups excluding carboxylic acids is 1. The Morgan fingerprint density at radius 1 is 1.47 bits per heavy atom. The van der Waals surface area contributed by atoms with Gasteiger partial charge >= 0.3 is 0 Å². The van der Waals surface area contributed by atoms with E-state index in [1.54, 1.807) is 4.90 Å². The fourth-order valence-corrected chi connectivity index (χ4v) is 2.16. The molecular weight excluding hydrogens is 254 g/mol. The van der Waals surface area contributed by atoms with Crippen molar-refractivity contribution in [3.05, 3.63) is 29.8 Å². The number of rotatable bonds is 3. The topological polar surface area (TPSA) is 52.6 Å². The highest BCUT2D eigenvalue weighted by molar-refractivity contribution is 5.92. The third-order valence-corrected chi connectivity index (χ3v) is 3.05. The molecule has 1 fully saturated rings. The molecule has 1 aromatic rings. The molecule has 0 saturated carbocycles. The number of benzene rings is 1. The SMILES string of the molecule is O=C(CN1CCCC(O)C1)Nc1cc(F)ccc1F. The highest BCUT2D eigenvalue weighted by Crippen LogP contribution is 2.15. The van der Waals surface area contributed by atoms with Gasteiger partial charge in [0.2, 0.25) is 5.91 Å². The zero-order valence-corrected chi connectivity index (χ0v) is 10.4. The molecule has 104 valence electrons. The van der Waals surface area contributed by atoms with Crippen molar-refractivity contribution >= 4 is 11.6 Å². The lowest BCUT2D eigenvalue weighted by Crippen LogP contribution is -2.42. The van der Waals surface area contributed by atoms with Crippen molar-refractivity contribution in [1.29, 1.82) is 0 Å². The minimum absolute atomic E-state index is 0.0625. The van der Waals surface area contributed by atoms with Gasteiger partial charge in [-0.1, -0.05) is 0 Å². The summed E-state index contributed by atoms with van der Waals surface area (Å²) < 4.78 is 26.3. The van der Waals surface area contributed by atoms with Crippen LogP contribution in [0.1, 0.15) is 12.8 Å². The Hall–Kier alpha value is -1.53. The molecule has 6 heteroatoms. The van der Waals surface area contributed by atoms with E-state index in [1.165, 1.54) is 0 Å². The van der Waals surface area contributed by atoms with E-state index < -0.39 is 23.6 Å². The number of nitrogens with zero attached hydrogens (tertiary/aromatic N) is 1. The predicted octanol–water partition coefficient (Wildman–Crippen LogP) is 1.36. The highest BCUT2D eigenvalue weighted by atomic mass is 19.1. The van der Waals surface area contributed by atoms with Gasteiger partial charge in [-0.2, -0.15) is 0 Å². The van der Waals surface area contributed by atoms with Crippen LogP contribution in [-0.4, -0.2) is 41.7 Å². The Bertz CT molecular complexity index is 468. The van der Waals surface area contributed by atoms with E-state index in [0.29, 0.717) is 6.54 Å². The summed E-state index contributed by atoms with van der Waals surface area (Å²) in [5.74, 6) is -1.70. The van der Waals surface area contributed by atoms with Crippen molar-refractivity contribution in [2.75, 3.05) is 25.0 Å². The van der Waals surface area contributed by atoms with Gasteiger partial charge in [0, 0.05) is 12.6 Å². The molecular formula is C13H16F2N2O2. The molecule has 0 bridgehead atoms. The van der Waals surface area contributed by atoms with Crippen molar-refractivity contribution in [3.63, 3.8) is 0 Å². The lowest BCUT2D eigenvalue weighted by molar-refractivity contribution is -0.118. The number of β-amino-alcohol motifs (C(OH)–C–C–N with tert-alkyl or cyclic N) is 1. The number of hydrogen-bond acceptors (Lipinski definition) is 3. The molecule has 2 N–H and O–H groups in total. The van der Waals surface area contributed by atoms with Crippen LogP contribution in [0.25, 0.3) is 0 Å². The van der Waals surface area contributed by atoms with Gasteiger partial charge in [0.15, 0.2) is 0 Å². The number of carbonyl (C=O) groups is 1.